The number of hydrogen-bond acceptors (Lipinski definition) is 2. The molecule has 1 saturated carbocycles. The van der Waals surface area contributed by atoms with Gasteiger partial charge in [0.2, 0.25) is 11.8 Å². The number of hydrogen-bond donors (Lipinski definition) is 1. The summed E-state index contributed by atoms with van der Waals surface area (Å²) in [6, 6.07) is 6.85. The molecule has 1 atom stereocenters. The molecule has 3 aliphatic rings. The fraction of sp³-hybridized carbons (Fsp3) is 0.500. The molecule has 0 unspecified atom stereocenters. The van der Waals surface area contributed by atoms with E-state index >= 15 is 0 Å². The summed E-state index contributed by atoms with van der Waals surface area (Å²) in [6.45, 7) is 4.12. The van der Waals surface area contributed by atoms with Crippen molar-refractivity contribution in [2.75, 3.05) is 13.1 Å². The van der Waals surface area contributed by atoms with Crippen molar-refractivity contribution in [3.63, 3.8) is 0 Å². The first-order valence-electron chi connectivity index (χ1n) is 9.28. The fourth-order valence-electron chi connectivity index (χ4n) is 4.41. The van der Waals surface area contributed by atoms with Crippen molar-refractivity contribution in [1.82, 2.24) is 14.8 Å². The maximum atomic E-state index is 13.0. The molecule has 130 valence electrons. The Bertz CT molecular complexity index is 880. The number of aromatic amines is 1. The van der Waals surface area contributed by atoms with Crippen molar-refractivity contribution in [3.05, 3.63) is 35.0 Å². The second-order valence-electron chi connectivity index (χ2n) is 7.82. The van der Waals surface area contributed by atoms with Gasteiger partial charge in [-0.05, 0) is 31.9 Å². The van der Waals surface area contributed by atoms with E-state index < -0.39 is 0 Å². The fourth-order valence-corrected chi connectivity index (χ4v) is 4.41. The third-order valence-electron chi connectivity index (χ3n) is 5.94. The summed E-state index contributed by atoms with van der Waals surface area (Å²) in [7, 11) is 0. The summed E-state index contributed by atoms with van der Waals surface area (Å²) in [4.78, 5) is 32.6. The number of amides is 2. The highest BCUT2D eigenvalue weighted by Crippen LogP contribution is 2.34. The van der Waals surface area contributed by atoms with Crippen molar-refractivity contribution < 1.29 is 9.59 Å². The van der Waals surface area contributed by atoms with Crippen molar-refractivity contribution in [2.24, 2.45) is 5.92 Å². The van der Waals surface area contributed by atoms with E-state index in [0.29, 0.717) is 25.6 Å². The molecule has 1 aliphatic carbocycles. The lowest BCUT2D eigenvalue weighted by Gasteiger charge is -2.29. The molecular formula is C20H23N3O2. The Balaban J connectivity index is 1.38. The van der Waals surface area contributed by atoms with Gasteiger partial charge in [0.05, 0.1) is 5.92 Å². The van der Waals surface area contributed by atoms with Gasteiger partial charge < -0.3 is 14.8 Å². The number of nitrogens with zero attached hydrogens (tertiary/aromatic N) is 2. The summed E-state index contributed by atoms with van der Waals surface area (Å²) in [6.07, 6.45) is 3.47. The largest absolute Gasteiger partial charge is 0.358 e. The van der Waals surface area contributed by atoms with E-state index in [0.717, 1.165) is 31.3 Å². The minimum atomic E-state index is -0.151. The number of aromatic nitrogens is 1. The Hall–Kier alpha value is -2.30. The van der Waals surface area contributed by atoms with Gasteiger partial charge in [-0.15, -0.1) is 0 Å². The number of rotatable bonds is 2. The van der Waals surface area contributed by atoms with Gasteiger partial charge in [0.15, 0.2) is 0 Å². The highest BCUT2D eigenvalue weighted by Gasteiger charge is 2.43. The number of benzene rings is 1. The van der Waals surface area contributed by atoms with Gasteiger partial charge in [-0.25, -0.2) is 0 Å². The molecule has 1 aromatic carbocycles. The highest BCUT2D eigenvalue weighted by atomic mass is 16.2. The number of carbonyl (C=O) groups excluding carboxylic acids is 2. The Morgan fingerprint density at radius 1 is 1.28 bits per heavy atom. The van der Waals surface area contributed by atoms with Crippen LogP contribution in [0.25, 0.3) is 10.9 Å². The summed E-state index contributed by atoms with van der Waals surface area (Å²) in [5, 5.41) is 1.23. The molecule has 3 heterocycles. The standard InChI is InChI=1S/C20H23N3O2/c1-12-2-5-17-15(8-12)16-11-22(7-6-18(16)21-17)20(25)13-9-19(24)23(10-13)14-3-4-14/h2,5,8,13-14,21H,3-4,6-7,9-11H2,1H3/t13-/m0/s1. The maximum absolute atomic E-state index is 13.0. The van der Waals surface area contributed by atoms with Gasteiger partial charge in [0.1, 0.15) is 0 Å². The molecule has 2 aromatic rings. The average Bonchev–Trinajstić information content (AvgIpc) is 3.29. The van der Waals surface area contributed by atoms with E-state index in [1.54, 1.807) is 0 Å². The molecule has 0 bridgehead atoms. The van der Waals surface area contributed by atoms with E-state index in [1.807, 2.05) is 9.80 Å². The minimum absolute atomic E-state index is 0.151. The van der Waals surface area contributed by atoms with E-state index in [1.165, 1.54) is 22.2 Å². The van der Waals surface area contributed by atoms with Crippen LogP contribution in [-0.4, -0.2) is 45.7 Å². The summed E-state index contributed by atoms with van der Waals surface area (Å²) < 4.78 is 0. The zero-order valence-corrected chi connectivity index (χ0v) is 14.5. The molecule has 5 rings (SSSR count). The summed E-state index contributed by atoms with van der Waals surface area (Å²) in [5.74, 6) is 0.173. The second kappa shape index (κ2) is 5.35. The molecule has 2 amide bonds. The molecule has 25 heavy (non-hydrogen) atoms. The van der Waals surface area contributed by atoms with Crippen LogP contribution in [0.1, 0.15) is 36.1 Å². The number of likely N-dealkylation sites (tertiary alicyclic amines) is 1. The van der Waals surface area contributed by atoms with Crippen LogP contribution >= 0.6 is 0 Å². The second-order valence-corrected chi connectivity index (χ2v) is 7.82. The predicted molar refractivity (Wildman–Crippen MR) is 95.0 cm³/mol. The third kappa shape index (κ3) is 2.44. The van der Waals surface area contributed by atoms with Crippen molar-refractivity contribution in [1.29, 1.82) is 0 Å². The first kappa shape index (κ1) is 15.0. The van der Waals surface area contributed by atoms with Crippen molar-refractivity contribution in [2.45, 2.75) is 45.2 Å². The van der Waals surface area contributed by atoms with Crippen LogP contribution < -0.4 is 0 Å². The molecule has 2 fully saturated rings. The van der Waals surface area contributed by atoms with Gasteiger partial charge in [-0.2, -0.15) is 0 Å². The van der Waals surface area contributed by atoms with Crippen LogP contribution in [0.15, 0.2) is 18.2 Å². The van der Waals surface area contributed by atoms with Gasteiger partial charge in [0.25, 0.3) is 0 Å². The number of nitrogens with one attached hydrogen (secondary N) is 1. The molecule has 1 N–H and O–H groups in total. The van der Waals surface area contributed by atoms with Gasteiger partial charge >= 0.3 is 0 Å². The molecule has 5 nitrogen and oxygen atoms in total. The molecule has 0 radical (unpaired) electrons. The van der Waals surface area contributed by atoms with Crippen LogP contribution in [0.2, 0.25) is 0 Å². The maximum Gasteiger partial charge on any atom is 0.228 e. The SMILES string of the molecule is Cc1ccc2[nH]c3c(c2c1)CN(C(=O)[C@H]1CC(=O)N(C2CC2)C1)CC3. The zero-order valence-electron chi connectivity index (χ0n) is 14.5. The first-order chi connectivity index (χ1) is 12.1. The third-order valence-corrected chi connectivity index (χ3v) is 5.94. The number of carbonyl (C=O) groups is 2. The van der Waals surface area contributed by atoms with Gasteiger partial charge in [-0.1, -0.05) is 11.6 Å². The lowest BCUT2D eigenvalue weighted by Crippen LogP contribution is -2.40. The zero-order chi connectivity index (χ0) is 17.1. The van der Waals surface area contributed by atoms with Gasteiger partial charge in [0, 0.05) is 60.7 Å². The minimum Gasteiger partial charge on any atom is -0.358 e. The van der Waals surface area contributed by atoms with E-state index in [4.69, 9.17) is 0 Å². The van der Waals surface area contributed by atoms with Crippen LogP contribution in [0, 0.1) is 12.8 Å². The Morgan fingerprint density at radius 3 is 2.92 bits per heavy atom. The van der Waals surface area contributed by atoms with Crippen molar-refractivity contribution in [3.8, 4) is 0 Å². The van der Waals surface area contributed by atoms with Crippen LogP contribution in [0.3, 0.4) is 0 Å². The summed E-state index contributed by atoms with van der Waals surface area (Å²) in [5.41, 5.74) is 4.90. The molecular weight excluding hydrogens is 314 g/mol. The van der Waals surface area contributed by atoms with Gasteiger partial charge in [-0.3, -0.25) is 9.59 Å². The average molecular weight is 337 g/mol. The van der Waals surface area contributed by atoms with Crippen LogP contribution in [-0.2, 0) is 22.6 Å². The Kier molecular flexibility index (Phi) is 3.21. The highest BCUT2D eigenvalue weighted by molar-refractivity contribution is 5.91. The quantitative estimate of drug-likeness (QED) is 0.915. The summed E-state index contributed by atoms with van der Waals surface area (Å²) >= 11 is 0. The number of aryl methyl sites for hydroxylation is 1. The molecule has 5 heteroatoms. The lowest BCUT2D eigenvalue weighted by atomic mass is 10.0. The van der Waals surface area contributed by atoms with E-state index in [-0.39, 0.29) is 17.7 Å². The molecule has 1 aromatic heterocycles. The molecule has 2 aliphatic heterocycles. The van der Waals surface area contributed by atoms with E-state index in [2.05, 4.69) is 30.1 Å². The normalized spacial score (nSPS) is 23.4. The number of fused-ring (bicyclic) bond motifs is 3. The smallest absolute Gasteiger partial charge is 0.228 e. The first-order valence-corrected chi connectivity index (χ1v) is 9.28. The number of H-pyrrole nitrogens is 1. The lowest BCUT2D eigenvalue weighted by molar-refractivity contribution is -0.136. The van der Waals surface area contributed by atoms with E-state index in [9.17, 15) is 9.59 Å². The topological polar surface area (TPSA) is 56.4 Å². The Labute approximate surface area is 147 Å². The van der Waals surface area contributed by atoms with Crippen molar-refractivity contribution >= 4 is 22.7 Å². The molecule has 0 spiro atoms. The monoisotopic (exact) mass is 337 g/mol. The van der Waals surface area contributed by atoms with Crippen LogP contribution in [0.5, 0.6) is 0 Å². The predicted octanol–water partition coefficient (Wildman–Crippen LogP) is 2.37. The molecule has 1 saturated heterocycles. The Morgan fingerprint density at radius 2 is 2.12 bits per heavy atom. The van der Waals surface area contributed by atoms with Crippen LogP contribution in [0.4, 0.5) is 0 Å².